The summed E-state index contributed by atoms with van der Waals surface area (Å²) in [4.78, 5) is 11.2. The molecule has 2 N–H and O–H groups in total. The number of hydrogen-bond donors (Lipinski definition) is 2. The van der Waals surface area contributed by atoms with Crippen molar-refractivity contribution in [3.05, 3.63) is 41.1 Å². The lowest BCUT2D eigenvalue weighted by atomic mass is 10.3. The standard InChI is InChI=1S/C11H13BrN2O2/c1-2-16-7-6-11(15)14-13-10-5-3-4-9(12)8-10/h3-8,13H,2H2,1H3,(H,14,15)/b7-6+. The first-order valence-electron chi connectivity index (χ1n) is 4.82. The van der Waals surface area contributed by atoms with Crippen molar-refractivity contribution in [1.29, 1.82) is 0 Å². The largest absolute Gasteiger partial charge is 0.501 e. The molecular formula is C11H13BrN2O2. The molecule has 1 aromatic rings. The van der Waals surface area contributed by atoms with Crippen molar-refractivity contribution < 1.29 is 9.53 Å². The minimum atomic E-state index is -0.270. The predicted octanol–water partition coefficient (Wildman–Crippen LogP) is 2.44. The number of hydrazine groups is 1. The molecule has 0 atom stereocenters. The van der Waals surface area contributed by atoms with E-state index in [1.54, 1.807) is 0 Å². The third kappa shape index (κ3) is 4.84. The molecular weight excluding hydrogens is 272 g/mol. The summed E-state index contributed by atoms with van der Waals surface area (Å²) < 4.78 is 5.84. The zero-order valence-corrected chi connectivity index (χ0v) is 10.5. The molecule has 0 aliphatic heterocycles. The number of amides is 1. The summed E-state index contributed by atoms with van der Waals surface area (Å²) in [5.74, 6) is -0.270. The number of ether oxygens (including phenoxy) is 1. The van der Waals surface area contributed by atoms with E-state index in [0.717, 1.165) is 10.2 Å². The van der Waals surface area contributed by atoms with Gasteiger partial charge in [0, 0.05) is 10.5 Å². The number of carbonyl (C=O) groups excluding carboxylic acids is 1. The molecule has 0 saturated carbocycles. The quantitative estimate of drug-likeness (QED) is 0.496. The van der Waals surface area contributed by atoms with E-state index < -0.39 is 0 Å². The van der Waals surface area contributed by atoms with Crippen LogP contribution in [-0.4, -0.2) is 12.5 Å². The van der Waals surface area contributed by atoms with Gasteiger partial charge in [0.05, 0.1) is 18.6 Å². The molecule has 0 bridgehead atoms. The minimum absolute atomic E-state index is 0.270. The Hall–Kier alpha value is -1.49. The summed E-state index contributed by atoms with van der Waals surface area (Å²) in [6.07, 6.45) is 2.67. The van der Waals surface area contributed by atoms with Crippen molar-refractivity contribution in [3.8, 4) is 0 Å². The molecule has 1 rings (SSSR count). The van der Waals surface area contributed by atoms with Gasteiger partial charge in [-0.25, -0.2) is 0 Å². The summed E-state index contributed by atoms with van der Waals surface area (Å²) in [5, 5.41) is 0. The van der Waals surface area contributed by atoms with Gasteiger partial charge < -0.3 is 4.74 Å². The number of benzene rings is 1. The van der Waals surface area contributed by atoms with Crippen LogP contribution in [0.25, 0.3) is 0 Å². The number of nitrogens with one attached hydrogen (secondary N) is 2. The predicted molar refractivity (Wildman–Crippen MR) is 66.7 cm³/mol. The van der Waals surface area contributed by atoms with Gasteiger partial charge in [0.1, 0.15) is 0 Å². The van der Waals surface area contributed by atoms with Crippen molar-refractivity contribution in [2.45, 2.75) is 6.92 Å². The molecule has 0 aliphatic rings. The molecule has 0 heterocycles. The van der Waals surface area contributed by atoms with Crippen molar-refractivity contribution >= 4 is 27.5 Å². The number of halogens is 1. The Morgan fingerprint density at radius 2 is 2.38 bits per heavy atom. The molecule has 0 saturated heterocycles. The van der Waals surface area contributed by atoms with E-state index in [4.69, 9.17) is 4.74 Å². The first-order chi connectivity index (χ1) is 7.72. The fraction of sp³-hybridized carbons (Fsp3) is 0.182. The Morgan fingerprint density at radius 3 is 3.06 bits per heavy atom. The van der Waals surface area contributed by atoms with Gasteiger partial charge in [-0.1, -0.05) is 22.0 Å². The van der Waals surface area contributed by atoms with E-state index in [2.05, 4.69) is 26.8 Å². The van der Waals surface area contributed by atoms with Crippen molar-refractivity contribution in [2.24, 2.45) is 0 Å². The van der Waals surface area contributed by atoms with E-state index in [1.807, 2.05) is 31.2 Å². The van der Waals surface area contributed by atoms with Gasteiger partial charge in [-0.3, -0.25) is 15.6 Å². The van der Waals surface area contributed by atoms with Crippen LogP contribution in [0, 0.1) is 0 Å². The maximum Gasteiger partial charge on any atom is 0.265 e. The van der Waals surface area contributed by atoms with Crippen LogP contribution in [-0.2, 0) is 9.53 Å². The minimum Gasteiger partial charge on any atom is -0.501 e. The molecule has 0 fully saturated rings. The van der Waals surface area contributed by atoms with Crippen LogP contribution >= 0.6 is 15.9 Å². The zero-order valence-electron chi connectivity index (χ0n) is 8.87. The van der Waals surface area contributed by atoms with E-state index in [9.17, 15) is 4.79 Å². The smallest absolute Gasteiger partial charge is 0.265 e. The molecule has 5 heteroatoms. The van der Waals surface area contributed by atoms with Crippen LogP contribution in [0.15, 0.2) is 41.1 Å². The van der Waals surface area contributed by atoms with Gasteiger partial charge in [0.25, 0.3) is 5.91 Å². The lowest BCUT2D eigenvalue weighted by Crippen LogP contribution is -2.27. The summed E-state index contributed by atoms with van der Waals surface area (Å²) in [5.41, 5.74) is 6.08. The third-order valence-electron chi connectivity index (χ3n) is 1.64. The van der Waals surface area contributed by atoms with Crippen LogP contribution in [0.1, 0.15) is 6.92 Å². The SMILES string of the molecule is CCO/C=C/C(=O)NNc1cccc(Br)c1. The lowest BCUT2D eigenvalue weighted by molar-refractivity contribution is -0.116. The highest BCUT2D eigenvalue weighted by Crippen LogP contribution is 2.14. The second-order valence-electron chi connectivity index (χ2n) is 2.88. The van der Waals surface area contributed by atoms with Crippen LogP contribution in [0.3, 0.4) is 0 Å². The highest BCUT2D eigenvalue weighted by molar-refractivity contribution is 9.10. The fourth-order valence-electron chi connectivity index (χ4n) is 0.948. The first-order valence-corrected chi connectivity index (χ1v) is 5.61. The Balaban J connectivity index is 2.37. The molecule has 0 aliphatic carbocycles. The van der Waals surface area contributed by atoms with Crippen LogP contribution in [0.4, 0.5) is 5.69 Å². The highest BCUT2D eigenvalue weighted by Gasteiger charge is 1.95. The van der Waals surface area contributed by atoms with Crippen LogP contribution < -0.4 is 10.9 Å². The zero-order chi connectivity index (χ0) is 11.8. The van der Waals surface area contributed by atoms with E-state index >= 15 is 0 Å². The van der Waals surface area contributed by atoms with Crippen molar-refractivity contribution in [2.75, 3.05) is 12.0 Å². The highest BCUT2D eigenvalue weighted by atomic mass is 79.9. The molecule has 16 heavy (non-hydrogen) atoms. The topological polar surface area (TPSA) is 50.4 Å². The number of carbonyl (C=O) groups is 1. The van der Waals surface area contributed by atoms with Gasteiger partial charge >= 0.3 is 0 Å². The molecule has 1 aromatic carbocycles. The van der Waals surface area contributed by atoms with Crippen molar-refractivity contribution in [1.82, 2.24) is 5.43 Å². The summed E-state index contributed by atoms with van der Waals surface area (Å²) >= 11 is 3.33. The van der Waals surface area contributed by atoms with E-state index in [0.29, 0.717) is 6.61 Å². The average Bonchev–Trinajstić information content (AvgIpc) is 2.27. The Morgan fingerprint density at radius 1 is 1.56 bits per heavy atom. The van der Waals surface area contributed by atoms with Gasteiger partial charge in [-0.2, -0.15) is 0 Å². The molecule has 1 amide bonds. The van der Waals surface area contributed by atoms with E-state index in [-0.39, 0.29) is 5.91 Å². The van der Waals surface area contributed by atoms with Crippen molar-refractivity contribution in [3.63, 3.8) is 0 Å². The van der Waals surface area contributed by atoms with Crippen LogP contribution in [0.2, 0.25) is 0 Å². The average molecular weight is 285 g/mol. The second kappa shape index (κ2) is 6.90. The number of hydrogen-bond acceptors (Lipinski definition) is 3. The Bertz CT molecular complexity index is 380. The number of rotatable bonds is 5. The van der Waals surface area contributed by atoms with Gasteiger partial charge in [0.2, 0.25) is 0 Å². The Labute approximate surface area is 103 Å². The fourth-order valence-corrected chi connectivity index (χ4v) is 1.35. The second-order valence-corrected chi connectivity index (χ2v) is 3.80. The lowest BCUT2D eigenvalue weighted by Gasteiger charge is -2.06. The monoisotopic (exact) mass is 284 g/mol. The van der Waals surface area contributed by atoms with Gasteiger partial charge in [-0.05, 0) is 25.1 Å². The maximum absolute atomic E-state index is 11.2. The van der Waals surface area contributed by atoms with Gasteiger partial charge in [0.15, 0.2) is 0 Å². The normalized spacial score (nSPS) is 10.1. The summed E-state index contributed by atoms with van der Waals surface area (Å²) in [6.45, 7) is 2.39. The van der Waals surface area contributed by atoms with E-state index in [1.165, 1.54) is 12.3 Å². The maximum atomic E-state index is 11.2. The number of anilines is 1. The molecule has 0 aromatic heterocycles. The summed E-state index contributed by atoms with van der Waals surface area (Å²) in [6, 6.07) is 7.47. The van der Waals surface area contributed by atoms with Crippen LogP contribution in [0.5, 0.6) is 0 Å². The summed E-state index contributed by atoms with van der Waals surface area (Å²) in [7, 11) is 0. The molecule has 4 nitrogen and oxygen atoms in total. The molecule has 0 radical (unpaired) electrons. The van der Waals surface area contributed by atoms with Gasteiger partial charge in [-0.15, -0.1) is 0 Å². The first kappa shape index (κ1) is 12.6. The molecule has 86 valence electrons. The molecule has 0 spiro atoms. The Kier molecular flexibility index (Phi) is 5.42. The molecule has 0 unspecified atom stereocenters. The third-order valence-corrected chi connectivity index (χ3v) is 2.13.